The highest BCUT2D eigenvalue weighted by molar-refractivity contribution is 7.89. The second-order valence-corrected chi connectivity index (χ2v) is 10.2. The van der Waals surface area contributed by atoms with E-state index in [1.54, 1.807) is 36.5 Å². The summed E-state index contributed by atoms with van der Waals surface area (Å²) in [5.41, 5.74) is 2.46. The fourth-order valence-corrected chi connectivity index (χ4v) is 6.13. The second kappa shape index (κ2) is 7.62. The molecule has 160 valence electrons. The van der Waals surface area contributed by atoms with Crippen molar-refractivity contribution in [3.63, 3.8) is 0 Å². The summed E-state index contributed by atoms with van der Waals surface area (Å²) in [4.78, 5) is 15.5. The summed E-state index contributed by atoms with van der Waals surface area (Å²) in [6, 6.07) is 16.4. The highest BCUT2D eigenvalue weighted by Gasteiger charge is 2.49. The molecule has 3 heterocycles. The Kier molecular flexibility index (Phi) is 4.91. The normalized spacial score (nSPS) is 19.2. The third-order valence-electron chi connectivity index (χ3n) is 6.58. The molecule has 0 aliphatic carbocycles. The largest absolute Gasteiger partial charge is 0.312 e. The molecular formula is C23H24N4O3S. The van der Waals surface area contributed by atoms with Gasteiger partial charge in [0.2, 0.25) is 15.9 Å². The van der Waals surface area contributed by atoms with Gasteiger partial charge in [0.15, 0.2) is 0 Å². The lowest BCUT2D eigenvalue weighted by Crippen LogP contribution is -2.46. The number of aromatic amines is 1. The van der Waals surface area contributed by atoms with Crippen LogP contribution in [0.4, 0.5) is 5.69 Å². The van der Waals surface area contributed by atoms with Crippen LogP contribution in [0.2, 0.25) is 0 Å². The number of H-pyrrole nitrogens is 1. The standard InChI is InChI=1S/C23H24N4O3S/c28-22-23(10-13-26(14-11-23)31(29,30)21-4-2-1-3-5-21)12-15-27(22)20-8-6-18(7-9-20)19-16-24-25-17-19/h1-9,16-17H,10-15H2,(H,24,25). The van der Waals surface area contributed by atoms with Crippen molar-refractivity contribution in [1.82, 2.24) is 14.5 Å². The second-order valence-electron chi connectivity index (χ2n) is 8.24. The topological polar surface area (TPSA) is 86.4 Å². The Morgan fingerprint density at radius 1 is 0.871 bits per heavy atom. The Labute approximate surface area is 181 Å². The molecule has 0 radical (unpaired) electrons. The first-order valence-corrected chi connectivity index (χ1v) is 11.9. The van der Waals surface area contributed by atoms with Crippen LogP contribution in [0.3, 0.4) is 0 Å². The predicted octanol–water partition coefficient (Wildman–Crippen LogP) is 3.28. The fraction of sp³-hybridized carbons (Fsp3) is 0.304. The first-order valence-electron chi connectivity index (χ1n) is 10.5. The molecule has 0 bridgehead atoms. The molecule has 0 unspecified atom stereocenters. The van der Waals surface area contributed by atoms with Crippen LogP contribution in [0.5, 0.6) is 0 Å². The number of carbonyl (C=O) groups excluding carboxylic acids is 1. The molecule has 1 N–H and O–H groups in total. The molecule has 2 aromatic carbocycles. The van der Waals surface area contributed by atoms with Crippen molar-refractivity contribution >= 4 is 21.6 Å². The molecule has 3 aromatic rings. The highest BCUT2D eigenvalue weighted by atomic mass is 32.2. The molecule has 0 saturated carbocycles. The number of carbonyl (C=O) groups is 1. The maximum atomic E-state index is 13.4. The monoisotopic (exact) mass is 436 g/mol. The smallest absolute Gasteiger partial charge is 0.243 e. The van der Waals surface area contributed by atoms with E-state index in [2.05, 4.69) is 10.2 Å². The van der Waals surface area contributed by atoms with Crippen molar-refractivity contribution in [1.29, 1.82) is 0 Å². The van der Waals surface area contributed by atoms with Gasteiger partial charge in [-0.2, -0.15) is 9.40 Å². The van der Waals surface area contributed by atoms with E-state index in [4.69, 9.17) is 0 Å². The highest BCUT2D eigenvalue weighted by Crippen LogP contribution is 2.44. The number of sulfonamides is 1. The van der Waals surface area contributed by atoms with Gasteiger partial charge in [-0.15, -0.1) is 0 Å². The number of anilines is 1. The van der Waals surface area contributed by atoms with Gasteiger partial charge in [-0.3, -0.25) is 9.89 Å². The fourth-order valence-electron chi connectivity index (χ4n) is 4.67. The number of amides is 1. The van der Waals surface area contributed by atoms with E-state index in [1.807, 2.05) is 35.4 Å². The number of hydrogen-bond acceptors (Lipinski definition) is 4. The molecule has 2 saturated heterocycles. The molecule has 2 aliphatic heterocycles. The minimum atomic E-state index is -3.52. The summed E-state index contributed by atoms with van der Waals surface area (Å²) in [5.74, 6) is 0.111. The van der Waals surface area contributed by atoms with Gasteiger partial charge in [-0.1, -0.05) is 30.3 Å². The van der Waals surface area contributed by atoms with Crippen molar-refractivity contribution in [3.05, 3.63) is 67.0 Å². The van der Waals surface area contributed by atoms with Gasteiger partial charge in [0.25, 0.3) is 0 Å². The van der Waals surface area contributed by atoms with Crippen LogP contribution in [-0.4, -0.2) is 48.5 Å². The van der Waals surface area contributed by atoms with E-state index in [9.17, 15) is 13.2 Å². The summed E-state index contributed by atoms with van der Waals surface area (Å²) >= 11 is 0. The van der Waals surface area contributed by atoms with E-state index in [0.29, 0.717) is 37.4 Å². The van der Waals surface area contributed by atoms with Crippen molar-refractivity contribution in [2.45, 2.75) is 24.2 Å². The maximum absolute atomic E-state index is 13.4. The van der Waals surface area contributed by atoms with Crippen LogP contribution in [0.25, 0.3) is 11.1 Å². The quantitative estimate of drug-likeness (QED) is 0.680. The van der Waals surface area contributed by atoms with Crippen LogP contribution >= 0.6 is 0 Å². The maximum Gasteiger partial charge on any atom is 0.243 e. The summed E-state index contributed by atoms with van der Waals surface area (Å²) < 4.78 is 27.3. The zero-order valence-electron chi connectivity index (χ0n) is 17.1. The van der Waals surface area contributed by atoms with Gasteiger partial charge in [0.1, 0.15) is 0 Å². The first kappa shape index (κ1) is 20.0. The zero-order valence-corrected chi connectivity index (χ0v) is 17.9. The Morgan fingerprint density at radius 3 is 2.19 bits per heavy atom. The number of benzene rings is 2. The number of nitrogens with one attached hydrogen (secondary N) is 1. The van der Waals surface area contributed by atoms with Crippen LogP contribution in [-0.2, 0) is 14.8 Å². The van der Waals surface area contributed by atoms with E-state index in [1.165, 1.54) is 4.31 Å². The lowest BCUT2D eigenvalue weighted by molar-refractivity contribution is -0.127. The van der Waals surface area contributed by atoms with Gasteiger partial charge in [-0.05, 0) is 49.1 Å². The number of nitrogens with zero attached hydrogens (tertiary/aromatic N) is 3. The van der Waals surface area contributed by atoms with E-state index < -0.39 is 15.4 Å². The van der Waals surface area contributed by atoms with E-state index >= 15 is 0 Å². The van der Waals surface area contributed by atoms with E-state index in [-0.39, 0.29) is 5.91 Å². The van der Waals surface area contributed by atoms with Crippen molar-refractivity contribution in [2.24, 2.45) is 5.41 Å². The Bertz CT molecular complexity index is 1170. The molecule has 2 aliphatic rings. The van der Waals surface area contributed by atoms with Crippen LogP contribution in [0.15, 0.2) is 71.9 Å². The zero-order chi connectivity index (χ0) is 21.5. The molecule has 2 fully saturated rings. The summed E-state index contributed by atoms with van der Waals surface area (Å²) in [6.45, 7) is 1.40. The number of piperidine rings is 1. The minimum Gasteiger partial charge on any atom is -0.312 e. The van der Waals surface area contributed by atoms with E-state index in [0.717, 1.165) is 23.2 Å². The molecule has 1 spiro atoms. The lowest BCUT2D eigenvalue weighted by atomic mass is 9.77. The minimum absolute atomic E-state index is 0.111. The van der Waals surface area contributed by atoms with Gasteiger partial charge < -0.3 is 4.90 Å². The van der Waals surface area contributed by atoms with Crippen LogP contribution in [0.1, 0.15) is 19.3 Å². The van der Waals surface area contributed by atoms with Crippen LogP contribution in [0, 0.1) is 5.41 Å². The molecule has 8 heteroatoms. The average molecular weight is 437 g/mol. The third kappa shape index (κ3) is 3.45. The first-order chi connectivity index (χ1) is 15.0. The molecule has 31 heavy (non-hydrogen) atoms. The summed E-state index contributed by atoms with van der Waals surface area (Å²) in [6.07, 6.45) is 5.47. The SMILES string of the molecule is O=C1N(c2ccc(-c3cn[nH]c3)cc2)CCC12CCN(S(=O)(=O)c1ccccc1)CC2. The Morgan fingerprint density at radius 2 is 1.55 bits per heavy atom. The van der Waals surface area contributed by atoms with Gasteiger partial charge in [0.05, 0.1) is 16.5 Å². The van der Waals surface area contributed by atoms with Crippen LogP contribution < -0.4 is 4.90 Å². The van der Waals surface area contributed by atoms with Gasteiger partial charge in [0, 0.05) is 37.1 Å². The predicted molar refractivity (Wildman–Crippen MR) is 118 cm³/mol. The lowest BCUT2D eigenvalue weighted by Gasteiger charge is -2.37. The summed E-state index contributed by atoms with van der Waals surface area (Å²) in [7, 11) is -3.52. The Hall–Kier alpha value is -2.97. The van der Waals surface area contributed by atoms with Crippen molar-refractivity contribution < 1.29 is 13.2 Å². The average Bonchev–Trinajstić information content (AvgIpc) is 3.45. The molecule has 1 aromatic heterocycles. The van der Waals surface area contributed by atoms with Gasteiger partial charge >= 0.3 is 0 Å². The summed E-state index contributed by atoms with van der Waals surface area (Å²) in [5, 5.41) is 6.78. The van der Waals surface area contributed by atoms with Gasteiger partial charge in [-0.25, -0.2) is 8.42 Å². The van der Waals surface area contributed by atoms with Crippen molar-refractivity contribution in [3.8, 4) is 11.1 Å². The molecule has 1 amide bonds. The molecule has 0 atom stereocenters. The Balaban J connectivity index is 1.29. The third-order valence-corrected chi connectivity index (χ3v) is 8.50. The van der Waals surface area contributed by atoms with Crippen molar-refractivity contribution in [2.75, 3.05) is 24.5 Å². The molecule has 5 rings (SSSR count). The molecule has 7 nitrogen and oxygen atoms in total. The number of aromatic nitrogens is 2. The molecular weight excluding hydrogens is 412 g/mol. The number of rotatable bonds is 4. The number of hydrogen-bond donors (Lipinski definition) is 1.